The van der Waals surface area contributed by atoms with Crippen LogP contribution in [0.3, 0.4) is 0 Å². The predicted molar refractivity (Wildman–Crippen MR) is 91.3 cm³/mol. The van der Waals surface area contributed by atoms with Crippen LogP contribution in [0.2, 0.25) is 5.02 Å². The van der Waals surface area contributed by atoms with Gasteiger partial charge in [0.05, 0.1) is 0 Å². The number of hydrogen-bond donors (Lipinski definition) is 1. The zero-order valence-electron chi connectivity index (χ0n) is 14.3. The maximum Gasteiger partial charge on any atom is 0.410 e. The maximum atomic E-state index is 12.1. The molecule has 4 nitrogen and oxygen atoms in total. The first kappa shape index (κ1) is 18.8. The number of ether oxygens (including phenoxy) is 1. The molecule has 0 saturated carbocycles. The minimum absolute atomic E-state index is 0.133. The Morgan fingerprint density at radius 1 is 1.41 bits per heavy atom. The first-order chi connectivity index (χ1) is 10.0. The predicted octanol–water partition coefficient (Wildman–Crippen LogP) is 3.77. The molecule has 1 rings (SSSR count). The quantitative estimate of drug-likeness (QED) is 0.916. The molecule has 2 N–H and O–H groups in total. The van der Waals surface area contributed by atoms with E-state index in [1.54, 1.807) is 11.9 Å². The maximum absolute atomic E-state index is 12.1. The van der Waals surface area contributed by atoms with E-state index in [1.165, 1.54) is 0 Å². The molecule has 0 heterocycles. The Hall–Kier alpha value is -1.26. The molecule has 2 atom stereocenters. The third-order valence-corrected chi connectivity index (χ3v) is 4.03. The van der Waals surface area contributed by atoms with Crippen LogP contribution < -0.4 is 5.73 Å². The highest BCUT2D eigenvalue weighted by atomic mass is 35.5. The molecule has 0 fully saturated rings. The highest BCUT2D eigenvalue weighted by Crippen LogP contribution is 2.18. The van der Waals surface area contributed by atoms with Gasteiger partial charge in [-0.2, -0.15) is 0 Å². The molecule has 1 aromatic rings. The summed E-state index contributed by atoms with van der Waals surface area (Å²) in [6.07, 6.45) is 0.314. The zero-order valence-corrected chi connectivity index (χ0v) is 15.1. The van der Waals surface area contributed by atoms with Crippen LogP contribution >= 0.6 is 11.6 Å². The lowest BCUT2D eigenvalue weighted by Crippen LogP contribution is -2.49. The van der Waals surface area contributed by atoms with Gasteiger partial charge < -0.3 is 15.4 Å². The third kappa shape index (κ3) is 5.50. The largest absolute Gasteiger partial charge is 0.444 e. The van der Waals surface area contributed by atoms with Crippen molar-refractivity contribution in [1.82, 2.24) is 4.90 Å². The van der Waals surface area contributed by atoms with Gasteiger partial charge >= 0.3 is 6.09 Å². The molecule has 124 valence electrons. The molecule has 0 aliphatic rings. The van der Waals surface area contributed by atoms with Crippen LogP contribution in [0, 0.1) is 6.92 Å². The van der Waals surface area contributed by atoms with Crippen molar-refractivity contribution in [2.24, 2.45) is 5.73 Å². The SMILES string of the molecule is Cc1cc(CC(N)[C@H](C)N(C)C(=O)OC(C)(C)C)ccc1Cl. The summed E-state index contributed by atoms with van der Waals surface area (Å²) in [5, 5.41) is 0.747. The van der Waals surface area contributed by atoms with Gasteiger partial charge in [0, 0.05) is 24.2 Å². The number of nitrogens with zero attached hydrogens (tertiary/aromatic N) is 1. The number of rotatable bonds is 4. The molecule has 1 amide bonds. The Balaban J connectivity index is 2.69. The highest BCUT2D eigenvalue weighted by Gasteiger charge is 2.26. The smallest absolute Gasteiger partial charge is 0.410 e. The van der Waals surface area contributed by atoms with Crippen molar-refractivity contribution in [3.8, 4) is 0 Å². The van der Waals surface area contributed by atoms with E-state index < -0.39 is 5.60 Å². The van der Waals surface area contributed by atoms with Crippen molar-refractivity contribution < 1.29 is 9.53 Å². The van der Waals surface area contributed by atoms with Crippen LogP contribution in [0.5, 0.6) is 0 Å². The lowest BCUT2D eigenvalue weighted by Gasteiger charge is -2.32. The summed E-state index contributed by atoms with van der Waals surface area (Å²) in [4.78, 5) is 13.6. The van der Waals surface area contributed by atoms with Gasteiger partial charge in [-0.15, -0.1) is 0 Å². The Kier molecular flexibility index (Phi) is 6.27. The van der Waals surface area contributed by atoms with Gasteiger partial charge in [0.15, 0.2) is 0 Å². The molecule has 0 bridgehead atoms. The molecule has 0 saturated heterocycles. The second kappa shape index (κ2) is 7.34. The van der Waals surface area contributed by atoms with Crippen LogP contribution in [0.15, 0.2) is 18.2 Å². The highest BCUT2D eigenvalue weighted by molar-refractivity contribution is 6.31. The summed E-state index contributed by atoms with van der Waals surface area (Å²) in [5.74, 6) is 0. The van der Waals surface area contributed by atoms with E-state index in [-0.39, 0.29) is 18.2 Å². The fourth-order valence-electron chi connectivity index (χ4n) is 2.06. The molecule has 0 radical (unpaired) electrons. The van der Waals surface area contributed by atoms with Gasteiger partial charge in [-0.1, -0.05) is 23.7 Å². The number of likely N-dealkylation sites (N-methyl/N-ethyl adjacent to an activating group) is 1. The Labute approximate surface area is 138 Å². The molecule has 0 aliphatic carbocycles. The van der Waals surface area contributed by atoms with E-state index in [1.807, 2.05) is 52.8 Å². The summed E-state index contributed by atoms with van der Waals surface area (Å²) >= 11 is 6.03. The normalized spacial score (nSPS) is 14.4. The number of halogens is 1. The minimum Gasteiger partial charge on any atom is -0.444 e. The van der Waals surface area contributed by atoms with E-state index in [0.29, 0.717) is 6.42 Å². The summed E-state index contributed by atoms with van der Waals surface area (Å²) in [6.45, 7) is 9.43. The third-order valence-electron chi connectivity index (χ3n) is 3.61. The zero-order chi connectivity index (χ0) is 17.1. The molecule has 1 unspecified atom stereocenters. The fourth-order valence-corrected chi connectivity index (χ4v) is 2.18. The van der Waals surface area contributed by atoms with Crippen LogP contribution in [-0.4, -0.2) is 35.7 Å². The van der Waals surface area contributed by atoms with Crippen molar-refractivity contribution in [3.05, 3.63) is 34.3 Å². The topological polar surface area (TPSA) is 55.6 Å². The van der Waals surface area contributed by atoms with E-state index in [9.17, 15) is 4.79 Å². The second-order valence-electron chi connectivity index (χ2n) is 6.78. The molecule has 1 aromatic carbocycles. The second-order valence-corrected chi connectivity index (χ2v) is 7.19. The van der Waals surface area contributed by atoms with Gasteiger partial charge in [-0.25, -0.2) is 4.79 Å². The number of carbonyl (C=O) groups is 1. The number of amides is 1. The number of hydrogen-bond acceptors (Lipinski definition) is 3. The summed E-state index contributed by atoms with van der Waals surface area (Å²) in [7, 11) is 1.71. The molecular formula is C17H27ClN2O2. The standard InChI is InChI=1S/C17H27ClN2O2/c1-11-9-13(7-8-14(11)18)10-15(19)12(2)20(6)16(21)22-17(3,4)5/h7-9,12,15H,10,19H2,1-6H3/t12-,15?/m0/s1. The fraction of sp³-hybridized carbons (Fsp3) is 0.588. The van der Waals surface area contributed by atoms with Crippen LogP contribution in [-0.2, 0) is 11.2 Å². The lowest BCUT2D eigenvalue weighted by atomic mass is 9.99. The summed E-state index contributed by atoms with van der Waals surface area (Å²) < 4.78 is 5.37. The van der Waals surface area contributed by atoms with E-state index in [4.69, 9.17) is 22.1 Å². The van der Waals surface area contributed by atoms with Crippen molar-refractivity contribution >= 4 is 17.7 Å². The molecule has 22 heavy (non-hydrogen) atoms. The van der Waals surface area contributed by atoms with Gasteiger partial charge in [0.25, 0.3) is 0 Å². The average molecular weight is 327 g/mol. The van der Waals surface area contributed by atoms with Crippen LogP contribution in [0.1, 0.15) is 38.8 Å². The van der Waals surface area contributed by atoms with Crippen molar-refractivity contribution in [2.45, 2.75) is 58.7 Å². The monoisotopic (exact) mass is 326 g/mol. The first-order valence-electron chi connectivity index (χ1n) is 7.47. The summed E-state index contributed by atoms with van der Waals surface area (Å²) in [5.41, 5.74) is 7.88. The van der Waals surface area contributed by atoms with Gasteiger partial charge in [-0.3, -0.25) is 0 Å². The van der Waals surface area contributed by atoms with Crippen molar-refractivity contribution in [1.29, 1.82) is 0 Å². The Bertz CT molecular complexity index is 526. The molecule has 0 aliphatic heterocycles. The lowest BCUT2D eigenvalue weighted by molar-refractivity contribution is 0.0215. The van der Waals surface area contributed by atoms with Crippen LogP contribution in [0.25, 0.3) is 0 Å². The van der Waals surface area contributed by atoms with Gasteiger partial charge in [0.2, 0.25) is 0 Å². The van der Waals surface area contributed by atoms with E-state index in [0.717, 1.165) is 16.1 Å². The van der Waals surface area contributed by atoms with E-state index in [2.05, 4.69) is 0 Å². The first-order valence-corrected chi connectivity index (χ1v) is 7.85. The average Bonchev–Trinajstić information content (AvgIpc) is 2.39. The summed E-state index contributed by atoms with van der Waals surface area (Å²) in [6, 6.07) is 5.56. The number of nitrogens with two attached hydrogens (primary N) is 1. The number of benzene rings is 1. The Morgan fingerprint density at radius 2 is 2.00 bits per heavy atom. The number of carbonyl (C=O) groups excluding carboxylic acids is 1. The van der Waals surface area contributed by atoms with Crippen LogP contribution in [0.4, 0.5) is 4.79 Å². The molecule has 5 heteroatoms. The van der Waals surface area contributed by atoms with Gasteiger partial charge in [-0.05, 0) is 58.2 Å². The van der Waals surface area contributed by atoms with Gasteiger partial charge in [0.1, 0.15) is 5.60 Å². The molecular weight excluding hydrogens is 300 g/mol. The van der Waals surface area contributed by atoms with E-state index >= 15 is 0 Å². The van der Waals surface area contributed by atoms with Crippen molar-refractivity contribution in [3.63, 3.8) is 0 Å². The minimum atomic E-state index is -0.511. The number of aryl methyl sites for hydroxylation is 1. The Morgan fingerprint density at radius 3 is 2.50 bits per heavy atom. The molecule has 0 spiro atoms. The van der Waals surface area contributed by atoms with Crippen molar-refractivity contribution in [2.75, 3.05) is 7.05 Å². The molecule has 0 aromatic heterocycles.